The van der Waals surface area contributed by atoms with Crippen molar-refractivity contribution < 1.29 is 17.9 Å². The van der Waals surface area contributed by atoms with E-state index in [0.717, 1.165) is 25.9 Å². The van der Waals surface area contributed by atoms with Crippen LogP contribution in [0.25, 0.3) is 0 Å². The van der Waals surface area contributed by atoms with Gasteiger partial charge < -0.3 is 4.74 Å². The van der Waals surface area contributed by atoms with Crippen LogP contribution in [0.15, 0.2) is 0 Å². The second kappa shape index (κ2) is 6.34. The number of rotatable bonds is 4. The summed E-state index contributed by atoms with van der Waals surface area (Å²) in [6, 6.07) is 0. The second-order valence-corrected chi connectivity index (χ2v) is 9.16. The molecule has 1 saturated carbocycles. The van der Waals surface area contributed by atoms with Crippen LogP contribution in [0.3, 0.4) is 0 Å². The summed E-state index contributed by atoms with van der Waals surface area (Å²) in [6.45, 7) is 6.78. The fourth-order valence-electron chi connectivity index (χ4n) is 3.55. The Balaban J connectivity index is 2.07. The Kier molecular flexibility index (Phi) is 5.11. The molecule has 5 nitrogen and oxygen atoms in total. The molecule has 122 valence electrons. The van der Waals surface area contributed by atoms with Crippen LogP contribution in [-0.2, 0) is 19.4 Å². The lowest BCUT2D eigenvalue weighted by Crippen LogP contribution is -2.56. The summed E-state index contributed by atoms with van der Waals surface area (Å²) < 4.78 is 28.9. The van der Waals surface area contributed by atoms with Gasteiger partial charge in [0.05, 0.1) is 24.0 Å². The highest BCUT2D eigenvalue weighted by molar-refractivity contribution is 7.91. The number of carbonyl (C=O) groups is 1. The Morgan fingerprint density at radius 3 is 2.38 bits per heavy atom. The normalized spacial score (nSPS) is 29.3. The number of ether oxygens (including phenoxy) is 1. The zero-order valence-electron chi connectivity index (χ0n) is 13.3. The van der Waals surface area contributed by atoms with Crippen LogP contribution in [0.4, 0.5) is 0 Å². The average Bonchev–Trinajstić information content (AvgIpc) is 2.46. The number of carbonyl (C=O) groups excluding carboxylic acids is 1. The monoisotopic (exact) mass is 317 g/mol. The summed E-state index contributed by atoms with van der Waals surface area (Å²) >= 11 is 0. The Morgan fingerprint density at radius 1 is 1.19 bits per heavy atom. The number of hydrogen-bond donors (Lipinski definition) is 0. The van der Waals surface area contributed by atoms with Gasteiger partial charge >= 0.3 is 0 Å². The molecule has 0 bridgehead atoms. The molecule has 2 atom stereocenters. The zero-order valence-corrected chi connectivity index (χ0v) is 14.1. The summed E-state index contributed by atoms with van der Waals surface area (Å²) in [7, 11) is -3.05. The van der Waals surface area contributed by atoms with Crippen LogP contribution in [0.2, 0.25) is 0 Å². The van der Waals surface area contributed by atoms with Crippen molar-refractivity contribution in [2.24, 2.45) is 5.92 Å². The maximum absolute atomic E-state index is 12.9. The largest absolute Gasteiger partial charge is 0.379 e. The topological polar surface area (TPSA) is 63.7 Å². The number of morpholine rings is 1. The fourth-order valence-corrected chi connectivity index (χ4v) is 4.73. The van der Waals surface area contributed by atoms with E-state index >= 15 is 0 Å². The van der Waals surface area contributed by atoms with E-state index < -0.39 is 15.4 Å². The third-order valence-electron chi connectivity index (χ3n) is 5.01. The van der Waals surface area contributed by atoms with Gasteiger partial charge in [0.25, 0.3) is 0 Å². The van der Waals surface area contributed by atoms with Gasteiger partial charge in [-0.1, -0.05) is 6.42 Å². The van der Waals surface area contributed by atoms with Crippen molar-refractivity contribution in [1.29, 1.82) is 0 Å². The number of sulfone groups is 1. The third-order valence-corrected chi connectivity index (χ3v) is 6.65. The molecule has 0 amide bonds. The quantitative estimate of drug-likeness (QED) is 0.781. The highest BCUT2D eigenvalue weighted by atomic mass is 32.2. The highest BCUT2D eigenvalue weighted by Crippen LogP contribution is 2.33. The van der Waals surface area contributed by atoms with Crippen molar-refractivity contribution in [2.75, 3.05) is 32.6 Å². The number of hydrogen-bond acceptors (Lipinski definition) is 5. The maximum Gasteiger partial charge on any atom is 0.155 e. The lowest BCUT2D eigenvalue weighted by atomic mass is 9.78. The first kappa shape index (κ1) is 16.9. The van der Waals surface area contributed by atoms with Gasteiger partial charge in [0, 0.05) is 25.3 Å². The number of Topliss-reactive ketones (excluding diaryl/α,β-unsaturated/α-hetero) is 1. The Labute approximate surface area is 127 Å². The molecule has 0 N–H and O–H groups in total. The second-order valence-electron chi connectivity index (χ2n) is 6.84. The molecule has 2 rings (SSSR count). The van der Waals surface area contributed by atoms with E-state index in [1.54, 1.807) is 0 Å². The van der Waals surface area contributed by atoms with Gasteiger partial charge in [-0.3, -0.25) is 9.69 Å². The molecular formula is C15H27NO4S. The van der Waals surface area contributed by atoms with E-state index in [4.69, 9.17) is 4.74 Å². The SMILES string of the molecule is CC(C)(C(=O)C1CCCC(S(C)(=O)=O)C1)N1CCOCC1. The predicted octanol–water partition coefficient (Wildman–Crippen LogP) is 1.27. The van der Waals surface area contributed by atoms with E-state index in [2.05, 4.69) is 4.90 Å². The number of nitrogens with zero attached hydrogens (tertiary/aromatic N) is 1. The first-order chi connectivity index (χ1) is 9.73. The van der Waals surface area contributed by atoms with Gasteiger partial charge in [-0.25, -0.2) is 8.42 Å². The summed E-state index contributed by atoms with van der Waals surface area (Å²) in [6.07, 6.45) is 4.12. The summed E-state index contributed by atoms with van der Waals surface area (Å²) in [5, 5.41) is -0.347. The molecule has 6 heteroatoms. The lowest BCUT2D eigenvalue weighted by molar-refractivity contribution is -0.137. The van der Waals surface area contributed by atoms with Gasteiger partial charge in [0.15, 0.2) is 5.78 Å². The lowest BCUT2D eigenvalue weighted by Gasteiger charge is -2.42. The van der Waals surface area contributed by atoms with Gasteiger partial charge in [-0.2, -0.15) is 0 Å². The van der Waals surface area contributed by atoms with E-state index in [9.17, 15) is 13.2 Å². The summed E-state index contributed by atoms with van der Waals surface area (Å²) in [5.41, 5.74) is -0.534. The Bertz CT molecular complexity index is 480. The number of ketones is 1. The van der Waals surface area contributed by atoms with Gasteiger partial charge in [-0.05, 0) is 33.1 Å². The van der Waals surface area contributed by atoms with E-state index in [1.807, 2.05) is 13.8 Å². The zero-order chi connectivity index (χ0) is 15.7. The average molecular weight is 317 g/mol. The molecule has 1 aliphatic carbocycles. The van der Waals surface area contributed by atoms with Crippen molar-refractivity contribution in [2.45, 2.75) is 50.3 Å². The molecule has 1 heterocycles. The van der Waals surface area contributed by atoms with Crippen molar-refractivity contribution in [1.82, 2.24) is 4.90 Å². The molecule has 2 unspecified atom stereocenters. The van der Waals surface area contributed by atoms with Crippen LogP contribution in [-0.4, -0.2) is 62.4 Å². The van der Waals surface area contributed by atoms with E-state index in [0.29, 0.717) is 26.1 Å². The minimum atomic E-state index is -3.05. The molecular weight excluding hydrogens is 290 g/mol. The van der Waals surface area contributed by atoms with Crippen molar-refractivity contribution in [3.63, 3.8) is 0 Å². The fraction of sp³-hybridized carbons (Fsp3) is 0.933. The molecule has 2 fully saturated rings. The van der Waals surface area contributed by atoms with Crippen molar-refractivity contribution >= 4 is 15.6 Å². The van der Waals surface area contributed by atoms with Crippen molar-refractivity contribution in [3.8, 4) is 0 Å². The first-order valence-electron chi connectivity index (χ1n) is 7.79. The minimum absolute atomic E-state index is 0.128. The summed E-state index contributed by atoms with van der Waals surface area (Å²) in [4.78, 5) is 15.1. The van der Waals surface area contributed by atoms with Gasteiger partial charge in [-0.15, -0.1) is 0 Å². The van der Waals surface area contributed by atoms with Gasteiger partial charge in [0.1, 0.15) is 9.84 Å². The molecule has 2 aliphatic rings. The smallest absolute Gasteiger partial charge is 0.155 e. The molecule has 0 aromatic rings. The van der Waals surface area contributed by atoms with Crippen LogP contribution in [0.5, 0.6) is 0 Å². The molecule has 21 heavy (non-hydrogen) atoms. The van der Waals surface area contributed by atoms with Crippen LogP contribution < -0.4 is 0 Å². The minimum Gasteiger partial charge on any atom is -0.379 e. The van der Waals surface area contributed by atoms with Crippen LogP contribution in [0, 0.1) is 5.92 Å². The van der Waals surface area contributed by atoms with E-state index in [1.165, 1.54) is 6.26 Å². The maximum atomic E-state index is 12.9. The molecule has 0 spiro atoms. The molecule has 1 saturated heterocycles. The highest BCUT2D eigenvalue weighted by Gasteiger charge is 2.42. The van der Waals surface area contributed by atoms with Crippen LogP contribution >= 0.6 is 0 Å². The Hall–Kier alpha value is -0.460. The Morgan fingerprint density at radius 2 is 1.81 bits per heavy atom. The molecule has 1 aliphatic heterocycles. The standard InChI is InChI=1S/C15H27NO4S/c1-15(2,16-7-9-20-10-8-16)14(17)12-5-4-6-13(11-12)21(3,18)19/h12-13H,4-11H2,1-3H3. The predicted molar refractivity (Wildman–Crippen MR) is 82.1 cm³/mol. The van der Waals surface area contributed by atoms with Crippen LogP contribution in [0.1, 0.15) is 39.5 Å². The molecule has 0 aromatic carbocycles. The van der Waals surface area contributed by atoms with E-state index in [-0.39, 0.29) is 17.0 Å². The summed E-state index contributed by atoms with van der Waals surface area (Å²) in [5.74, 6) is 0.0640. The molecule has 0 radical (unpaired) electrons. The van der Waals surface area contributed by atoms with Crippen molar-refractivity contribution in [3.05, 3.63) is 0 Å². The van der Waals surface area contributed by atoms with Gasteiger partial charge in [0.2, 0.25) is 0 Å². The molecule has 0 aromatic heterocycles. The third kappa shape index (κ3) is 3.85. The first-order valence-corrected chi connectivity index (χ1v) is 9.74.